The monoisotopic (exact) mass is 546 g/mol. The van der Waals surface area contributed by atoms with Gasteiger partial charge in [0.2, 0.25) is 0 Å². The van der Waals surface area contributed by atoms with Gasteiger partial charge in [0.05, 0.1) is 45.7 Å². The van der Waals surface area contributed by atoms with Crippen molar-refractivity contribution in [2.75, 3.05) is 27.9 Å². The van der Waals surface area contributed by atoms with E-state index in [9.17, 15) is 0 Å². The van der Waals surface area contributed by atoms with E-state index in [1.165, 1.54) is 0 Å². The van der Waals surface area contributed by atoms with Crippen molar-refractivity contribution in [1.82, 2.24) is 15.8 Å². The number of hydrogen-bond acceptors (Lipinski definition) is 6. The van der Waals surface area contributed by atoms with Crippen LogP contribution in [0.4, 0.5) is 0 Å². The first-order valence-corrected chi connectivity index (χ1v) is 10.4. The molecular weight excluding hydrogens is 511 g/mol. The van der Waals surface area contributed by atoms with Crippen molar-refractivity contribution in [3.63, 3.8) is 0 Å². The highest BCUT2D eigenvalue weighted by Gasteiger charge is 2.15. The van der Waals surface area contributed by atoms with Crippen LogP contribution in [0.1, 0.15) is 56.5 Å². The van der Waals surface area contributed by atoms with Crippen LogP contribution in [-0.4, -0.2) is 39.0 Å². The zero-order chi connectivity index (χ0) is 21.9. The molecule has 0 spiro atoms. The van der Waals surface area contributed by atoms with Crippen LogP contribution in [-0.2, 0) is 13.1 Å². The lowest BCUT2D eigenvalue weighted by Gasteiger charge is -2.15. The molecule has 31 heavy (non-hydrogen) atoms. The molecule has 9 heteroatoms. The van der Waals surface area contributed by atoms with Crippen molar-refractivity contribution in [1.29, 1.82) is 0 Å². The molecule has 0 amide bonds. The lowest BCUT2D eigenvalue weighted by molar-refractivity contribution is 0.367. The Balaban J connectivity index is 0.00000480. The second-order valence-corrected chi connectivity index (χ2v) is 6.79. The maximum atomic E-state index is 5.50. The first-order valence-electron chi connectivity index (χ1n) is 10.4. The zero-order valence-corrected chi connectivity index (χ0v) is 21.6. The maximum Gasteiger partial charge on any atom is 0.191 e. The average Bonchev–Trinajstić information content (AvgIpc) is 3.24. The molecular formula is C22H35IN4O4. The van der Waals surface area contributed by atoms with Crippen LogP contribution in [0.2, 0.25) is 0 Å². The maximum absolute atomic E-state index is 5.50. The summed E-state index contributed by atoms with van der Waals surface area (Å²) in [5.74, 6) is 3.87. The van der Waals surface area contributed by atoms with E-state index in [4.69, 9.17) is 18.7 Å². The number of hydrogen-bond donors (Lipinski definition) is 2. The van der Waals surface area contributed by atoms with Crippen LogP contribution in [0.25, 0.3) is 0 Å². The fourth-order valence-corrected chi connectivity index (χ4v) is 3.22. The van der Waals surface area contributed by atoms with Crippen molar-refractivity contribution in [2.24, 2.45) is 4.99 Å². The summed E-state index contributed by atoms with van der Waals surface area (Å²) in [6, 6.07) is 5.66. The molecule has 1 aromatic heterocycles. The van der Waals surface area contributed by atoms with Gasteiger partial charge in [-0.05, 0) is 19.8 Å². The number of rotatable bonds is 11. The third-order valence-corrected chi connectivity index (χ3v) is 4.97. The third kappa shape index (κ3) is 7.48. The van der Waals surface area contributed by atoms with E-state index in [-0.39, 0.29) is 24.0 Å². The van der Waals surface area contributed by atoms with Crippen molar-refractivity contribution >= 4 is 29.9 Å². The Morgan fingerprint density at radius 2 is 1.65 bits per heavy atom. The molecule has 0 fully saturated rings. The molecule has 1 heterocycles. The fourth-order valence-electron chi connectivity index (χ4n) is 3.22. The molecule has 0 bridgehead atoms. The van der Waals surface area contributed by atoms with Crippen molar-refractivity contribution in [3.8, 4) is 17.2 Å². The minimum Gasteiger partial charge on any atom is -0.496 e. The van der Waals surface area contributed by atoms with Gasteiger partial charge in [-0.2, -0.15) is 0 Å². The van der Waals surface area contributed by atoms with Gasteiger partial charge in [0.25, 0.3) is 0 Å². The van der Waals surface area contributed by atoms with Gasteiger partial charge in [0, 0.05) is 30.7 Å². The van der Waals surface area contributed by atoms with Crippen LogP contribution in [0.3, 0.4) is 0 Å². The van der Waals surface area contributed by atoms with Gasteiger partial charge in [0.1, 0.15) is 17.2 Å². The smallest absolute Gasteiger partial charge is 0.191 e. The van der Waals surface area contributed by atoms with E-state index < -0.39 is 0 Å². The second-order valence-electron chi connectivity index (χ2n) is 6.79. The number of benzene rings is 1. The summed E-state index contributed by atoms with van der Waals surface area (Å²) < 4.78 is 21.8. The van der Waals surface area contributed by atoms with Gasteiger partial charge in [-0.1, -0.05) is 19.0 Å². The van der Waals surface area contributed by atoms with Crippen molar-refractivity contribution < 1.29 is 18.7 Å². The molecule has 2 aromatic rings. The Morgan fingerprint density at radius 1 is 1.00 bits per heavy atom. The van der Waals surface area contributed by atoms with Crippen molar-refractivity contribution in [2.45, 2.75) is 52.6 Å². The topological polar surface area (TPSA) is 90.1 Å². The highest BCUT2D eigenvalue weighted by molar-refractivity contribution is 14.0. The van der Waals surface area contributed by atoms with Gasteiger partial charge in [0.15, 0.2) is 11.7 Å². The van der Waals surface area contributed by atoms with E-state index in [2.05, 4.69) is 34.6 Å². The van der Waals surface area contributed by atoms with Crippen LogP contribution in [0, 0.1) is 0 Å². The molecule has 0 saturated heterocycles. The van der Waals surface area contributed by atoms with E-state index in [1.807, 2.05) is 25.1 Å². The van der Waals surface area contributed by atoms with Crippen LogP contribution < -0.4 is 24.8 Å². The average molecular weight is 546 g/mol. The molecule has 0 saturated carbocycles. The van der Waals surface area contributed by atoms with Gasteiger partial charge in [-0.25, -0.2) is 4.99 Å². The van der Waals surface area contributed by atoms with Gasteiger partial charge < -0.3 is 29.4 Å². The normalized spacial score (nSPS) is 11.1. The summed E-state index contributed by atoms with van der Waals surface area (Å²) in [5, 5.41) is 10.8. The number of aliphatic imine (C=N–C) groups is 1. The highest BCUT2D eigenvalue weighted by Crippen LogP contribution is 2.34. The first-order chi connectivity index (χ1) is 14.6. The van der Waals surface area contributed by atoms with E-state index in [0.29, 0.717) is 42.2 Å². The summed E-state index contributed by atoms with van der Waals surface area (Å²) in [5.41, 5.74) is 1.85. The van der Waals surface area contributed by atoms with Gasteiger partial charge >= 0.3 is 0 Å². The second kappa shape index (κ2) is 14.0. The van der Waals surface area contributed by atoms with E-state index in [1.54, 1.807) is 21.3 Å². The molecule has 0 unspecified atom stereocenters. The van der Waals surface area contributed by atoms with E-state index in [0.717, 1.165) is 36.4 Å². The summed E-state index contributed by atoms with van der Waals surface area (Å²) in [6.07, 6.45) is 2.09. The number of nitrogens with one attached hydrogen (secondary N) is 2. The summed E-state index contributed by atoms with van der Waals surface area (Å²) in [4.78, 5) is 4.68. The molecule has 2 N–H and O–H groups in total. The molecule has 0 aliphatic heterocycles. The predicted molar refractivity (Wildman–Crippen MR) is 133 cm³/mol. The van der Waals surface area contributed by atoms with Gasteiger partial charge in [-0.15, -0.1) is 24.0 Å². The number of nitrogens with zero attached hydrogens (tertiary/aromatic N) is 2. The third-order valence-electron chi connectivity index (χ3n) is 4.97. The fraction of sp³-hybridized carbons (Fsp3) is 0.545. The molecule has 0 atom stereocenters. The molecule has 2 rings (SSSR count). The Morgan fingerprint density at radius 3 is 2.16 bits per heavy atom. The molecule has 1 aromatic carbocycles. The Labute approximate surface area is 202 Å². The standard InChI is InChI=1S/C22H34N4O4.HI/c1-7-15(8-2)19-10-17(30-26-19)13-24-22(23-9-3)25-14-18-20(28-5)11-16(27-4)12-21(18)29-6;/h10-12,15H,7-9,13-14H2,1-6H3,(H2,23,24,25);1H. The number of methoxy groups -OCH3 is 3. The highest BCUT2D eigenvalue weighted by atomic mass is 127. The van der Waals surface area contributed by atoms with Crippen LogP contribution >= 0.6 is 24.0 Å². The number of ether oxygens (including phenoxy) is 3. The minimum absolute atomic E-state index is 0. The molecule has 0 aliphatic rings. The largest absolute Gasteiger partial charge is 0.496 e. The summed E-state index contributed by atoms with van der Waals surface area (Å²) in [6.45, 7) is 7.96. The predicted octanol–water partition coefficient (Wildman–Crippen LogP) is 4.48. The first kappa shape index (κ1) is 26.9. The van der Waals surface area contributed by atoms with E-state index >= 15 is 0 Å². The van der Waals surface area contributed by atoms with Crippen LogP contribution in [0.15, 0.2) is 27.7 Å². The molecule has 0 radical (unpaired) electrons. The number of guanidine groups is 1. The number of halogens is 1. The lowest BCUT2D eigenvalue weighted by Crippen LogP contribution is -2.36. The Kier molecular flexibility index (Phi) is 12.1. The van der Waals surface area contributed by atoms with Crippen molar-refractivity contribution in [3.05, 3.63) is 35.2 Å². The van der Waals surface area contributed by atoms with Crippen LogP contribution in [0.5, 0.6) is 17.2 Å². The summed E-state index contributed by atoms with van der Waals surface area (Å²) in [7, 11) is 4.84. The lowest BCUT2D eigenvalue weighted by atomic mass is 9.99. The SMILES string of the molecule is CCNC(=NCc1c(OC)cc(OC)cc1OC)NCc1cc(C(CC)CC)no1.I. The Bertz CT molecular complexity index is 797. The molecule has 174 valence electrons. The zero-order valence-electron chi connectivity index (χ0n) is 19.3. The summed E-state index contributed by atoms with van der Waals surface area (Å²) >= 11 is 0. The molecule has 8 nitrogen and oxygen atoms in total. The van der Waals surface area contributed by atoms with Gasteiger partial charge in [-0.3, -0.25) is 0 Å². The number of aromatic nitrogens is 1. The quantitative estimate of drug-likeness (QED) is 0.244. The Hall–Kier alpha value is -2.17. The molecule has 0 aliphatic carbocycles. The minimum atomic E-state index is 0.